The van der Waals surface area contributed by atoms with Gasteiger partial charge in [0.15, 0.2) is 0 Å². The van der Waals surface area contributed by atoms with E-state index in [2.05, 4.69) is 31.2 Å². The average molecular weight is 297 g/mol. The van der Waals surface area contributed by atoms with Crippen LogP contribution in [0.4, 0.5) is 0 Å². The summed E-state index contributed by atoms with van der Waals surface area (Å²) in [5.41, 5.74) is 1.80. The molecule has 2 heterocycles. The maximum Gasteiger partial charge on any atom is 0.213 e. The minimum absolute atomic E-state index is 0.203. The Morgan fingerprint density at radius 3 is 2.94 bits per heavy atom. The molecule has 0 saturated heterocycles. The number of hydrogen-bond acceptors (Lipinski definition) is 4. The van der Waals surface area contributed by atoms with E-state index in [1.807, 2.05) is 31.3 Å². The summed E-state index contributed by atoms with van der Waals surface area (Å²) in [5.74, 6) is 0.608. The highest BCUT2D eigenvalue weighted by Crippen LogP contribution is 2.18. The molecule has 1 unspecified atom stereocenters. The van der Waals surface area contributed by atoms with E-state index in [1.165, 1.54) is 0 Å². The molecule has 0 bridgehead atoms. The van der Waals surface area contributed by atoms with Crippen LogP contribution in [0.2, 0.25) is 0 Å². The van der Waals surface area contributed by atoms with Gasteiger partial charge in [-0.3, -0.25) is 0 Å². The maximum absolute atomic E-state index is 5.07. The molecule has 6 heteroatoms. The average Bonchev–Trinajstić information content (AvgIpc) is 2.78. The molecule has 0 aliphatic carbocycles. The van der Waals surface area contributed by atoms with E-state index < -0.39 is 0 Å². The maximum atomic E-state index is 5.07. The molecule has 0 fully saturated rings. The first-order valence-electron chi connectivity index (χ1n) is 5.23. The molecule has 0 aliphatic heterocycles. The fourth-order valence-electron chi connectivity index (χ4n) is 1.40. The Labute approximate surface area is 108 Å². The number of aromatic nitrogens is 4. The third-order valence-electron chi connectivity index (χ3n) is 2.28. The molecule has 2 aromatic heterocycles. The predicted octanol–water partition coefficient (Wildman–Crippen LogP) is 2.19. The highest BCUT2D eigenvalue weighted by Gasteiger charge is 2.07. The molecule has 90 valence electrons. The number of pyridine rings is 1. The molecule has 17 heavy (non-hydrogen) atoms. The van der Waals surface area contributed by atoms with Crippen molar-refractivity contribution in [2.24, 2.45) is 0 Å². The summed E-state index contributed by atoms with van der Waals surface area (Å²) < 4.78 is 6.83. The zero-order valence-electron chi connectivity index (χ0n) is 9.67. The first-order valence-corrected chi connectivity index (χ1v) is 6.14. The molecule has 0 N–H and O–H groups in total. The second kappa shape index (κ2) is 5.27. The molecule has 0 aliphatic rings. The number of methoxy groups -OCH3 is 1. The van der Waals surface area contributed by atoms with Gasteiger partial charge in [0.2, 0.25) is 5.88 Å². The van der Waals surface area contributed by atoms with Gasteiger partial charge in [0.1, 0.15) is 0 Å². The molecule has 5 nitrogen and oxygen atoms in total. The second-order valence-electron chi connectivity index (χ2n) is 3.63. The minimum Gasteiger partial charge on any atom is -0.481 e. The van der Waals surface area contributed by atoms with Crippen molar-refractivity contribution in [2.75, 3.05) is 7.11 Å². The lowest BCUT2D eigenvalue weighted by Crippen LogP contribution is -2.03. The number of alkyl halides is 1. The van der Waals surface area contributed by atoms with Crippen LogP contribution in [0, 0.1) is 0 Å². The topological polar surface area (TPSA) is 52.8 Å². The normalized spacial score (nSPS) is 12.4. The zero-order valence-corrected chi connectivity index (χ0v) is 11.3. The predicted molar refractivity (Wildman–Crippen MR) is 67.3 cm³/mol. The van der Waals surface area contributed by atoms with E-state index in [-0.39, 0.29) is 4.83 Å². The van der Waals surface area contributed by atoms with Gasteiger partial charge in [0.05, 0.1) is 36.1 Å². The zero-order chi connectivity index (χ0) is 12.3. The SMILES string of the molecule is COc1cccc(Cn2cc(C(C)Br)nn2)n1. The van der Waals surface area contributed by atoms with Gasteiger partial charge in [0.25, 0.3) is 0 Å². The van der Waals surface area contributed by atoms with Gasteiger partial charge in [-0.15, -0.1) is 5.10 Å². The largest absolute Gasteiger partial charge is 0.481 e. The quantitative estimate of drug-likeness (QED) is 0.812. The summed E-state index contributed by atoms with van der Waals surface area (Å²) in [7, 11) is 1.60. The Balaban J connectivity index is 2.13. The molecule has 0 spiro atoms. The van der Waals surface area contributed by atoms with Crippen molar-refractivity contribution in [3.05, 3.63) is 35.8 Å². The molecule has 2 rings (SSSR count). The molecular formula is C11H13BrN4O. The Bertz CT molecular complexity index is 498. The van der Waals surface area contributed by atoms with Crippen molar-refractivity contribution < 1.29 is 4.74 Å². The number of nitrogens with zero attached hydrogens (tertiary/aromatic N) is 4. The van der Waals surface area contributed by atoms with Crippen LogP contribution >= 0.6 is 15.9 Å². The minimum atomic E-state index is 0.203. The Hall–Kier alpha value is -1.43. The summed E-state index contributed by atoms with van der Waals surface area (Å²) in [6, 6.07) is 5.66. The molecule has 0 saturated carbocycles. The third kappa shape index (κ3) is 3.03. The second-order valence-corrected chi connectivity index (χ2v) is 5.00. The number of rotatable bonds is 4. The molecule has 0 amide bonds. The van der Waals surface area contributed by atoms with Gasteiger partial charge >= 0.3 is 0 Å². The summed E-state index contributed by atoms with van der Waals surface area (Å²) >= 11 is 3.45. The lowest BCUT2D eigenvalue weighted by atomic mass is 10.3. The highest BCUT2D eigenvalue weighted by molar-refractivity contribution is 9.09. The number of halogens is 1. The van der Waals surface area contributed by atoms with E-state index in [9.17, 15) is 0 Å². The van der Waals surface area contributed by atoms with E-state index in [1.54, 1.807) is 11.8 Å². The van der Waals surface area contributed by atoms with Crippen molar-refractivity contribution in [3.8, 4) is 5.88 Å². The van der Waals surface area contributed by atoms with Crippen LogP contribution in [0.15, 0.2) is 24.4 Å². The molecule has 2 aromatic rings. The van der Waals surface area contributed by atoms with Gasteiger partial charge in [-0.25, -0.2) is 9.67 Å². The summed E-state index contributed by atoms with van der Waals surface area (Å²) in [4.78, 5) is 4.52. The molecule has 0 radical (unpaired) electrons. The smallest absolute Gasteiger partial charge is 0.213 e. The third-order valence-corrected chi connectivity index (χ3v) is 2.75. The van der Waals surface area contributed by atoms with Crippen LogP contribution < -0.4 is 4.74 Å². The molecule has 0 aromatic carbocycles. The standard InChI is InChI=1S/C11H13BrN4O/c1-8(12)10-7-16(15-14-10)6-9-4-3-5-11(13-9)17-2/h3-5,7-8H,6H2,1-2H3. The van der Waals surface area contributed by atoms with Gasteiger partial charge in [-0.1, -0.05) is 27.2 Å². The number of hydrogen-bond donors (Lipinski definition) is 0. The number of ether oxygens (including phenoxy) is 1. The van der Waals surface area contributed by atoms with Crippen LogP contribution in [0.25, 0.3) is 0 Å². The fourth-order valence-corrected chi connectivity index (χ4v) is 1.61. The lowest BCUT2D eigenvalue weighted by Gasteiger charge is -2.02. The van der Waals surface area contributed by atoms with Crippen molar-refractivity contribution in [2.45, 2.75) is 18.3 Å². The molecule has 1 atom stereocenters. The lowest BCUT2D eigenvalue weighted by molar-refractivity contribution is 0.395. The van der Waals surface area contributed by atoms with Crippen molar-refractivity contribution in [1.29, 1.82) is 0 Å². The van der Waals surface area contributed by atoms with E-state index in [4.69, 9.17) is 4.74 Å². The Morgan fingerprint density at radius 2 is 2.29 bits per heavy atom. The first-order chi connectivity index (χ1) is 8.19. The van der Waals surface area contributed by atoms with Crippen LogP contribution in [0.3, 0.4) is 0 Å². The van der Waals surface area contributed by atoms with Crippen LogP contribution in [0.5, 0.6) is 5.88 Å². The van der Waals surface area contributed by atoms with Gasteiger partial charge in [-0.05, 0) is 13.0 Å². The summed E-state index contributed by atoms with van der Waals surface area (Å²) in [6.07, 6.45) is 1.90. The van der Waals surface area contributed by atoms with E-state index in [0.29, 0.717) is 12.4 Å². The highest BCUT2D eigenvalue weighted by atomic mass is 79.9. The van der Waals surface area contributed by atoms with Crippen molar-refractivity contribution >= 4 is 15.9 Å². The van der Waals surface area contributed by atoms with Crippen molar-refractivity contribution in [3.63, 3.8) is 0 Å². The van der Waals surface area contributed by atoms with Gasteiger partial charge in [-0.2, -0.15) is 0 Å². The monoisotopic (exact) mass is 296 g/mol. The van der Waals surface area contributed by atoms with Crippen LogP contribution in [-0.4, -0.2) is 27.1 Å². The van der Waals surface area contributed by atoms with E-state index in [0.717, 1.165) is 11.4 Å². The summed E-state index contributed by atoms with van der Waals surface area (Å²) in [6.45, 7) is 2.60. The van der Waals surface area contributed by atoms with Crippen LogP contribution in [-0.2, 0) is 6.54 Å². The van der Waals surface area contributed by atoms with Gasteiger partial charge in [0, 0.05) is 6.07 Å². The Kier molecular flexibility index (Phi) is 3.73. The Morgan fingerprint density at radius 1 is 1.47 bits per heavy atom. The molecular weight excluding hydrogens is 284 g/mol. The van der Waals surface area contributed by atoms with E-state index >= 15 is 0 Å². The summed E-state index contributed by atoms with van der Waals surface area (Å²) in [5, 5.41) is 8.11. The van der Waals surface area contributed by atoms with Crippen molar-refractivity contribution in [1.82, 2.24) is 20.0 Å². The van der Waals surface area contributed by atoms with Crippen LogP contribution in [0.1, 0.15) is 23.1 Å². The first kappa shape index (κ1) is 12.0. The van der Waals surface area contributed by atoms with Gasteiger partial charge < -0.3 is 4.74 Å². The fraction of sp³-hybridized carbons (Fsp3) is 0.364.